The SMILES string of the molecule is CC(C)CC(NC(=O)c1ccc(Cl)cc1)C(=O)NCc1ccncc1. The van der Waals surface area contributed by atoms with Crippen LogP contribution in [0.15, 0.2) is 48.8 Å². The van der Waals surface area contributed by atoms with Gasteiger partial charge in [0.1, 0.15) is 6.04 Å². The summed E-state index contributed by atoms with van der Waals surface area (Å²) >= 11 is 5.84. The van der Waals surface area contributed by atoms with Gasteiger partial charge >= 0.3 is 0 Å². The van der Waals surface area contributed by atoms with Crippen molar-refractivity contribution in [2.75, 3.05) is 0 Å². The smallest absolute Gasteiger partial charge is 0.251 e. The molecule has 1 atom stereocenters. The molecule has 0 spiro atoms. The predicted molar refractivity (Wildman–Crippen MR) is 98.2 cm³/mol. The van der Waals surface area contributed by atoms with Gasteiger partial charge in [-0.3, -0.25) is 14.6 Å². The summed E-state index contributed by atoms with van der Waals surface area (Å²) in [4.78, 5) is 28.8. The Kier molecular flexibility index (Phi) is 6.95. The van der Waals surface area contributed by atoms with Crippen molar-refractivity contribution in [3.8, 4) is 0 Å². The van der Waals surface area contributed by atoms with Crippen molar-refractivity contribution in [3.05, 3.63) is 64.9 Å². The van der Waals surface area contributed by atoms with Crippen LogP contribution in [-0.2, 0) is 11.3 Å². The quantitative estimate of drug-likeness (QED) is 0.797. The first-order chi connectivity index (χ1) is 12.0. The summed E-state index contributed by atoms with van der Waals surface area (Å²) in [6.07, 6.45) is 3.91. The third-order valence-electron chi connectivity index (χ3n) is 3.65. The first-order valence-corrected chi connectivity index (χ1v) is 8.56. The monoisotopic (exact) mass is 359 g/mol. The third kappa shape index (κ3) is 6.19. The van der Waals surface area contributed by atoms with Crippen molar-refractivity contribution in [3.63, 3.8) is 0 Å². The zero-order valence-electron chi connectivity index (χ0n) is 14.3. The average Bonchev–Trinajstić information content (AvgIpc) is 2.60. The Labute approximate surface area is 152 Å². The number of amides is 2. The van der Waals surface area contributed by atoms with Gasteiger partial charge in [0.15, 0.2) is 0 Å². The van der Waals surface area contributed by atoms with Crippen LogP contribution < -0.4 is 10.6 Å². The molecule has 0 fully saturated rings. The number of aromatic nitrogens is 1. The lowest BCUT2D eigenvalue weighted by Crippen LogP contribution is -2.47. The van der Waals surface area contributed by atoms with Gasteiger partial charge in [-0.1, -0.05) is 25.4 Å². The number of halogens is 1. The highest BCUT2D eigenvalue weighted by Gasteiger charge is 2.22. The maximum Gasteiger partial charge on any atom is 0.251 e. The van der Waals surface area contributed by atoms with E-state index in [1.165, 1.54) is 0 Å². The van der Waals surface area contributed by atoms with Crippen molar-refractivity contribution in [2.24, 2.45) is 5.92 Å². The molecular weight excluding hydrogens is 338 g/mol. The number of hydrogen-bond acceptors (Lipinski definition) is 3. The summed E-state index contributed by atoms with van der Waals surface area (Å²) in [5.41, 5.74) is 1.43. The van der Waals surface area contributed by atoms with Crippen molar-refractivity contribution in [1.82, 2.24) is 15.6 Å². The van der Waals surface area contributed by atoms with Crippen LogP contribution in [0.4, 0.5) is 0 Å². The van der Waals surface area contributed by atoms with Crippen LogP contribution in [-0.4, -0.2) is 22.8 Å². The summed E-state index contributed by atoms with van der Waals surface area (Å²) < 4.78 is 0. The lowest BCUT2D eigenvalue weighted by atomic mass is 10.0. The Morgan fingerprint density at radius 1 is 1.08 bits per heavy atom. The highest BCUT2D eigenvalue weighted by atomic mass is 35.5. The number of rotatable bonds is 7. The molecule has 0 saturated heterocycles. The second-order valence-electron chi connectivity index (χ2n) is 6.24. The number of hydrogen-bond donors (Lipinski definition) is 2. The summed E-state index contributed by atoms with van der Waals surface area (Å²) in [6, 6.07) is 9.66. The van der Waals surface area contributed by atoms with Crippen LogP contribution >= 0.6 is 11.6 Å². The minimum absolute atomic E-state index is 0.201. The molecule has 2 aromatic rings. The number of nitrogens with one attached hydrogen (secondary N) is 2. The van der Waals surface area contributed by atoms with Crippen molar-refractivity contribution in [2.45, 2.75) is 32.9 Å². The molecule has 2 amide bonds. The van der Waals surface area contributed by atoms with Gasteiger partial charge in [-0.25, -0.2) is 0 Å². The van der Waals surface area contributed by atoms with E-state index < -0.39 is 6.04 Å². The van der Waals surface area contributed by atoms with Crippen LogP contribution in [0.3, 0.4) is 0 Å². The van der Waals surface area contributed by atoms with Crippen LogP contribution in [0.1, 0.15) is 36.2 Å². The van der Waals surface area contributed by atoms with E-state index in [9.17, 15) is 9.59 Å². The Bertz CT molecular complexity index is 702. The lowest BCUT2D eigenvalue weighted by Gasteiger charge is -2.20. The maximum absolute atomic E-state index is 12.5. The first-order valence-electron chi connectivity index (χ1n) is 8.18. The fourth-order valence-corrected chi connectivity index (χ4v) is 2.48. The van der Waals surface area contributed by atoms with Gasteiger partial charge < -0.3 is 10.6 Å². The average molecular weight is 360 g/mol. The van der Waals surface area contributed by atoms with Crippen molar-refractivity contribution < 1.29 is 9.59 Å². The van der Waals surface area contributed by atoms with E-state index in [1.54, 1.807) is 36.7 Å². The highest BCUT2D eigenvalue weighted by Crippen LogP contribution is 2.11. The molecule has 1 heterocycles. The van der Waals surface area contributed by atoms with E-state index in [0.717, 1.165) is 5.56 Å². The zero-order valence-corrected chi connectivity index (χ0v) is 15.1. The molecule has 6 heteroatoms. The molecule has 1 aromatic carbocycles. The number of pyridine rings is 1. The molecule has 1 unspecified atom stereocenters. The van der Waals surface area contributed by atoms with E-state index in [1.807, 2.05) is 26.0 Å². The molecule has 0 aliphatic rings. The Hall–Kier alpha value is -2.40. The standard InChI is InChI=1S/C19H22ClN3O2/c1-13(2)11-17(19(25)22-12-14-7-9-21-10-8-14)23-18(24)15-3-5-16(20)6-4-15/h3-10,13,17H,11-12H2,1-2H3,(H,22,25)(H,23,24). The molecular formula is C19H22ClN3O2. The highest BCUT2D eigenvalue weighted by molar-refractivity contribution is 6.30. The number of carbonyl (C=O) groups excluding carboxylic acids is 2. The predicted octanol–water partition coefficient (Wildman–Crippen LogP) is 3.20. The van der Waals surface area contributed by atoms with Crippen molar-refractivity contribution >= 4 is 23.4 Å². The second kappa shape index (κ2) is 9.18. The molecule has 2 rings (SSSR count). The molecule has 5 nitrogen and oxygen atoms in total. The summed E-state index contributed by atoms with van der Waals surface area (Å²) in [5.74, 6) is -0.226. The molecule has 0 saturated carbocycles. The summed E-state index contributed by atoms with van der Waals surface area (Å²) in [7, 11) is 0. The van der Waals surface area contributed by atoms with Crippen LogP contribution in [0.25, 0.3) is 0 Å². The Balaban J connectivity index is 2.00. The van der Waals surface area contributed by atoms with Gasteiger partial charge in [-0.15, -0.1) is 0 Å². The van der Waals surface area contributed by atoms with Gasteiger partial charge in [0.05, 0.1) is 0 Å². The third-order valence-corrected chi connectivity index (χ3v) is 3.90. The molecule has 0 aliphatic carbocycles. The van der Waals surface area contributed by atoms with Gasteiger partial charge in [-0.2, -0.15) is 0 Å². The number of benzene rings is 1. The molecule has 0 bridgehead atoms. The van der Waals surface area contributed by atoms with Crippen molar-refractivity contribution in [1.29, 1.82) is 0 Å². The van der Waals surface area contributed by atoms with Gasteiger partial charge in [0.25, 0.3) is 5.91 Å². The maximum atomic E-state index is 12.5. The number of nitrogens with zero attached hydrogens (tertiary/aromatic N) is 1. The van der Waals surface area contributed by atoms with Gasteiger partial charge in [0, 0.05) is 29.5 Å². The van der Waals surface area contributed by atoms with E-state index in [-0.39, 0.29) is 17.7 Å². The molecule has 0 aliphatic heterocycles. The minimum Gasteiger partial charge on any atom is -0.350 e. The largest absolute Gasteiger partial charge is 0.350 e. The van der Waals surface area contributed by atoms with E-state index in [2.05, 4.69) is 15.6 Å². The molecule has 0 radical (unpaired) electrons. The Morgan fingerprint density at radius 2 is 1.72 bits per heavy atom. The summed E-state index contributed by atoms with van der Waals surface area (Å²) in [6.45, 7) is 4.42. The van der Waals surface area contributed by atoms with Gasteiger partial charge in [0.2, 0.25) is 5.91 Å². The second-order valence-corrected chi connectivity index (χ2v) is 6.67. The first kappa shape index (κ1) is 18.9. The fraction of sp³-hybridized carbons (Fsp3) is 0.316. The fourth-order valence-electron chi connectivity index (χ4n) is 2.36. The molecule has 132 valence electrons. The zero-order chi connectivity index (χ0) is 18.2. The van der Waals surface area contributed by atoms with E-state index in [4.69, 9.17) is 11.6 Å². The van der Waals surface area contributed by atoms with Crippen LogP contribution in [0.2, 0.25) is 5.02 Å². The molecule has 2 N–H and O–H groups in total. The lowest BCUT2D eigenvalue weighted by molar-refractivity contribution is -0.123. The van der Waals surface area contributed by atoms with E-state index in [0.29, 0.717) is 23.6 Å². The minimum atomic E-state index is -0.593. The molecule has 25 heavy (non-hydrogen) atoms. The van der Waals surface area contributed by atoms with E-state index >= 15 is 0 Å². The van der Waals surface area contributed by atoms with Crippen LogP contribution in [0, 0.1) is 5.92 Å². The van der Waals surface area contributed by atoms with Crippen LogP contribution in [0.5, 0.6) is 0 Å². The Morgan fingerprint density at radius 3 is 2.32 bits per heavy atom. The molecule has 1 aromatic heterocycles. The number of carbonyl (C=O) groups is 2. The normalized spacial score (nSPS) is 11.8. The topological polar surface area (TPSA) is 71.1 Å². The van der Waals surface area contributed by atoms with Gasteiger partial charge in [-0.05, 0) is 54.3 Å². The summed E-state index contributed by atoms with van der Waals surface area (Å²) in [5, 5.41) is 6.24.